The van der Waals surface area contributed by atoms with Gasteiger partial charge in [-0.2, -0.15) is 0 Å². The third kappa shape index (κ3) is 3.92. The summed E-state index contributed by atoms with van der Waals surface area (Å²) >= 11 is 0. The third-order valence-corrected chi connectivity index (χ3v) is 3.67. The minimum atomic E-state index is -0.610. The Morgan fingerprint density at radius 3 is 2.95 bits per heavy atom. The fourth-order valence-electron chi connectivity index (χ4n) is 2.54. The van der Waals surface area contributed by atoms with Gasteiger partial charge in [0.25, 0.3) is 5.91 Å². The van der Waals surface area contributed by atoms with Gasteiger partial charge >= 0.3 is 0 Å². The summed E-state index contributed by atoms with van der Waals surface area (Å²) in [6.45, 7) is 1.46. The largest absolute Gasteiger partial charge is 0.497 e. The van der Waals surface area contributed by atoms with Crippen LogP contribution in [0.25, 0.3) is 0 Å². The van der Waals surface area contributed by atoms with Gasteiger partial charge in [0.1, 0.15) is 11.6 Å². The fraction of sp³-hybridized carbons (Fsp3) is 0.533. The summed E-state index contributed by atoms with van der Waals surface area (Å²) in [6.07, 6.45) is 2.06. The quantitative estimate of drug-likeness (QED) is 0.823. The lowest BCUT2D eigenvalue weighted by molar-refractivity contribution is 0.0702. The van der Waals surface area contributed by atoms with E-state index in [2.05, 4.69) is 5.32 Å². The topological polar surface area (TPSA) is 61.8 Å². The molecule has 1 saturated heterocycles. The monoisotopic (exact) mass is 296 g/mol. The molecule has 0 aliphatic carbocycles. The Morgan fingerprint density at radius 1 is 1.57 bits per heavy atom. The molecular weight excluding hydrogens is 275 g/mol. The fourth-order valence-corrected chi connectivity index (χ4v) is 2.54. The molecule has 116 valence electrons. The van der Waals surface area contributed by atoms with Crippen LogP contribution in [0.1, 0.15) is 23.2 Å². The first-order valence-corrected chi connectivity index (χ1v) is 7.12. The van der Waals surface area contributed by atoms with Gasteiger partial charge in [0.15, 0.2) is 0 Å². The Hall–Kier alpha value is -1.66. The lowest BCUT2D eigenvalue weighted by Gasteiger charge is -2.25. The lowest BCUT2D eigenvalue weighted by atomic mass is 10.1. The molecule has 6 heteroatoms. The van der Waals surface area contributed by atoms with Crippen LogP contribution in [0.3, 0.4) is 0 Å². The standard InChI is InChI=1S/C15H21FN2O3/c1-21-12-4-5-13(14(16)9-12)15(20)18(7-8-19)10-11-3-2-6-17-11/h4-5,9,11,17,19H,2-3,6-8,10H2,1H3. The lowest BCUT2D eigenvalue weighted by Crippen LogP contribution is -2.42. The molecule has 1 aliphatic rings. The normalized spacial score (nSPS) is 17.8. The molecule has 21 heavy (non-hydrogen) atoms. The highest BCUT2D eigenvalue weighted by Gasteiger charge is 2.24. The van der Waals surface area contributed by atoms with Gasteiger partial charge in [-0.1, -0.05) is 0 Å². The van der Waals surface area contributed by atoms with Gasteiger partial charge in [-0.05, 0) is 31.5 Å². The van der Waals surface area contributed by atoms with E-state index in [1.54, 1.807) is 6.07 Å². The van der Waals surface area contributed by atoms with Crippen LogP contribution in [0.15, 0.2) is 18.2 Å². The van der Waals surface area contributed by atoms with Gasteiger partial charge < -0.3 is 20.1 Å². The van der Waals surface area contributed by atoms with Gasteiger partial charge in [-0.3, -0.25) is 4.79 Å². The Balaban J connectivity index is 2.13. The first-order chi connectivity index (χ1) is 10.2. The molecule has 1 unspecified atom stereocenters. The number of hydrogen-bond acceptors (Lipinski definition) is 4. The molecule has 2 rings (SSSR count). The number of hydrogen-bond donors (Lipinski definition) is 2. The zero-order valence-corrected chi connectivity index (χ0v) is 12.1. The molecule has 0 radical (unpaired) electrons. The molecule has 2 N–H and O–H groups in total. The Morgan fingerprint density at radius 2 is 2.38 bits per heavy atom. The second-order valence-corrected chi connectivity index (χ2v) is 5.11. The van der Waals surface area contributed by atoms with Crippen LogP contribution in [-0.2, 0) is 0 Å². The number of nitrogens with one attached hydrogen (secondary N) is 1. The van der Waals surface area contributed by atoms with Crippen LogP contribution in [0.5, 0.6) is 5.75 Å². The predicted molar refractivity (Wildman–Crippen MR) is 77.0 cm³/mol. The summed E-state index contributed by atoms with van der Waals surface area (Å²) in [6, 6.07) is 4.38. The minimum Gasteiger partial charge on any atom is -0.497 e. The number of aliphatic hydroxyl groups excluding tert-OH is 1. The van der Waals surface area contributed by atoms with Crippen molar-refractivity contribution in [2.24, 2.45) is 0 Å². The summed E-state index contributed by atoms with van der Waals surface area (Å²) in [5.74, 6) is -0.644. The maximum absolute atomic E-state index is 14.0. The molecule has 0 aromatic heterocycles. The predicted octanol–water partition coefficient (Wildman–Crippen LogP) is 1.02. The van der Waals surface area contributed by atoms with Gasteiger partial charge in [-0.25, -0.2) is 4.39 Å². The number of halogens is 1. The molecule has 1 heterocycles. The molecule has 1 aliphatic heterocycles. The average molecular weight is 296 g/mol. The van der Waals surface area contributed by atoms with Gasteiger partial charge in [-0.15, -0.1) is 0 Å². The number of carbonyl (C=O) groups excluding carboxylic acids is 1. The van der Waals surface area contributed by atoms with E-state index in [1.165, 1.54) is 24.1 Å². The average Bonchev–Trinajstić information content (AvgIpc) is 2.99. The van der Waals surface area contributed by atoms with E-state index >= 15 is 0 Å². The van der Waals surface area contributed by atoms with E-state index < -0.39 is 11.7 Å². The Labute approximate surface area is 123 Å². The highest BCUT2D eigenvalue weighted by atomic mass is 19.1. The van der Waals surface area contributed by atoms with Gasteiger partial charge in [0, 0.05) is 25.2 Å². The molecule has 0 saturated carbocycles. The van der Waals surface area contributed by atoms with E-state index in [9.17, 15) is 9.18 Å². The van der Waals surface area contributed by atoms with Crippen LogP contribution in [0.2, 0.25) is 0 Å². The highest BCUT2D eigenvalue weighted by molar-refractivity contribution is 5.94. The molecular formula is C15H21FN2O3. The molecule has 0 spiro atoms. The van der Waals surface area contributed by atoms with Crippen LogP contribution in [-0.4, -0.2) is 55.3 Å². The summed E-state index contributed by atoms with van der Waals surface area (Å²) in [7, 11) is 1.44. The number of methoxy groups -OCH3 is 1. The highest BCUT2D eigenvalue weighted by Crippen LogP contribution is 2.18. The smallest absolute Gasteiger partial charge is 0.256 e. The second-order valence-electron chi connectivity index (χ2n) is 5.11. The summed E-state index contributed by atoms with van der Waals surface area (Å²) in [4.78, 5) is 13.9. The van der Waals surface area contributed by atoms with E-state index in [0.717, 1.165) is 19.4 Å². The molecule has 5 nitrogen and oxygen atoms in total. The number of rotatable bonds is 6. The van der Waals surface area contributed by atoms with Gasteiger partial charge in [0.05, 0.1) is 19.3 Å². The third-order valence-electron chi connectivity index (χ3n) is 3.67. The van der Waals surface area contributed by atoms with E-state index in [1.807, 2.05) is 0 Å². The first kappa shape index (κ1) is 15.7. The number of aliphatic hydroxyl groups is 1. The van der Waals surface area contributed by atoms with Crippen molar-refractivity contribution in [2.75, 3.05) is 33.4 Å². The second kappa shape index (κ2) is 7.38. The maximum Gasteiger partial charge on any atom is 0.256 e. The molecule has 1 atom stereocenters. The summed E-state index contributed by atoms with van der Waals surface area (Å²) < 4.78 is 18.9. The zero-order valence-electron chi connectivity index (χ0n) is 12.1. The van der Waals surface area contributed by atoms with Crippen LogP contribution in [0, 0.1) is 5.82 Å². The number of ether oxygens (including phenoxy) is 1. The van der Waals surface area contributed by atoms with Crippen molar-refractivity contribution in [1.82, 2.24) is 10.2 Å². The molecule has 1 fully saturated rings. The van der Waals surface area contributed by atoms with Crippen molar-refractivity contribution < 1.29 is 19.0 Å². The van der Waals surface area contributed by atoms with Gasteiger partial charge in [0.2, 0.25) is 0 Å². The number of amides is 1. The maximum atomic E-state index is 14.0. The van der Waals surface area contributed by atoms with Crippen molar-refractivity contribution in [3.05, 3.63) is 29.6 Å². The first-order valence-electron chi connectivity index (χ1n) is 7.12. The van der Waals surface area contributed by atoms with Crippen molar-refractivity contribution in [3.63, 3.8) is 0 Å². The summed E-state index contributed by atoms with van der Waals surface area (Å²) in [5.41, 5.74) is 0.00208. The van der Waals surface area contributed by atoms with E-state index in [4.69, 9.17) is 9.84 Å². The van der Waals surface area contributed by atoms with E-state index in [-0.39, 0.29) is 24.8 Å². The minimum absolute atomic E-state index is 0.00208. The Kier molecular flexibility index (Phi) is 5.52. The number of carbonyl (C=O) groups is 1. The number of nitrogens with zero attached hydrogens (tertiary/aromatic N) is 1. The van der Waals surface area contributed by atoms with Crippen molar-refractivity contribution in [1.29, 1.82) is 0 Å². The molecule has 1 amide bonds. The van der Waals surface area contributed by atoms with Crippen LogP contribution in [0.4, 0.5) is 4.39 Å². The SMILES string of the molecule is COc1ccc(C(=O)N(CCO)CC2CCCN2)c(F)c1. The zero-order chi connectivity index (χ0) is 15.2. The van der Waals surface area contributed by atoms with Crippen LogP contribution >= 0.6 is 0 Å². The van der Waals surface area contributed by atoms with E-state index in [0.29, 0.717) is 12.3 Å². The summed E-state index contributed by atoms with van der Waals surface area (Å²) in [5, 5.41) is 12.4. The molecule has 0 bridgehead atoms. The molecule has 1 aromatic rings. The Bertz CT molecular complexity index is 490. The van der Waals surface area contributed by atoms with Crippen molar-refractivity contribution in [2.45, 2.75) is 18.9 Å². The molecule has 1 aromatic carbocycles. The van der Waals surface area contributed by atoms with Crippen molar-refractivity contribution >= 4 is 5.91 Å². The van der Waals surface area contributed by atoms with Crippen LogP contribution < -0.4 is 10.1 Å². The number of benzene rings is 1. The van der Waals surface area contributed by atoms with Crippen molar-refractivity contribution in [3.8, 4) is 5.75 Å².